The molecule has 0 spiro atoms. The maximum absolute atomic E-state index is 12.8. The minimum atomic E-state index is -0.433. The molecule has 0 bridgehead atoms. The van der Waals surface area contributed by atoms with E-state index in [0.717, 1.165) is 6.42 Å². The molecule has 3 amide bonds. The van der Waals surface area contributed by atoms with Gasteiger partial charge in [-0.15, -0.1) is 0 Å². The molecular formula is C20H29N3O4. The minimum absolute atomic E-state index is 0.0148. The van der Waals surface area contributed by atoms with Gasteiger partial charge in [0.15, 0.2) is 0 Å². The first kappa shape index (κ1) is 20.9. The first-order valence-corrected chi connectivity index (χ1v) is 9.32. The predicted octanol–water partition coefficient (Wildman–Crippen LogP) is 2.18. The molecule has 0 aliphatic carbocycles. The first-order chi connectivity index (χ1) is 12.7. The van der Waals surface area contributed by atoms with E-state index in [-0.39, 0.29) is 29.8 Å². The van der Waals surface area contributed by atoms with Gasteiger partial charge in [0.1, 0.15) is 6.10 Å². The lowest BCUT2D eigenvalue weighted by Crippen LogP contribution is -2.47. The molecule has 0 saturated carbocycles. The van der Waals surface area contributed by atoms with Crippen molar-refractivity contribution in [3.63, 3.8) is 0 Å². The zero-order chi connectivity index (χ0) is 20.0. The standard InChI is InChI=1S/C20H29N3O4/c1-5-23(13-17(24)22-20(2,3)4)19(26)14-8-6-9-15(12-14)21-18(25)16-10-7-11-27-16/h6,8-9,12,16H,5,7,10-11,13H2,1-4H3,(H,21,25)(H,22,24). The van der Waals surface area contributed by atoms with Gasteiger partial charge < -0.3 is 20.3 Å². The average Bonchev–Trinajstić information content (AvgIpc) is 3.12. The lowest BCUT2D eigenvalue weighted by molar-refractivity contribution is -0.125. The molecule has 1 saturated heterocycles. The monoisotopic (exact) mass is 375 g/mol. The molecule has 0 aromatic heterocycles. The van der Waals surface area contributed by atoms with E-state index in [4.69, 9.17) is 4.74 Å². The zero-order valence-corrected chi connectivity index (χ0v) is 16.5. The Hall–Kier alpha value is -2.41. The maximum atomic E-state index is 12.8. The Morgan fingerprint density at radius 2 is 2.00 bits per heavy atom. The van der Waals surface area contributed by atoms with E-state index in [1.807, 2.05) is 27.7 Å². The Labute approximate surface area is 160 Å². The zero-order valence-electron chi connectivity index (χ0n) is 16.5. The van der Waals surface area contributed by atoms with E-state index in [1.165, 1.54) is 4.90 Å². The minimum Gasteiger partial charge on any atom is -0.368 e. The van der Waals surface area contributed by atoms with Gasteiger partial charge >= 0.3 is 0 Å². The largest absolute Gasteiger partial charge is 0.368 e. The van der Waals surface area contributed by atoms with Crippen LogP contribution in [-0.2, 0) is 14.3 Å². The quantitative estimate of drug-likeness (QED) is 0.798. The van der Waals surface area contributed by atoms with E-state index in [0.29, 0.717) is 30.8 Å². The summed E-state index contributed by atoms with van der Waals surface area (Å²) in [6, 6.07) is 6.74. The van der Waals surface area contributed by atoms with Crippen molar-refractivity contribution < 1.29 is 19.1 Å². The summed E-state index contributed by atoms with van der Waals surface area (Å²) < 4.78 is 5.37. The van der Waals surface area contributed by atoms with Gasteiger partial charge in [0.25, 0.3) is 11.8 Å². The predicted molar refractivity (Wildman–Crippen MR) is 104 cm³/mol. The Morgan fingerprint density at radius 3 is 2.59 bits per heavy atom. The Bertz CT molecular complexity index is 691. The van der Waals surface area contributed by atoms with Crippen molar-refractivity contribution in [1.29, 1.82) is 0 Å². The number of amides is 3. The summed E-state index contributed by atoms with van der Waals surface area (Å²) in [7, 11) is 0. The third-order valence-electron chi connectivity index (χ3n) is 4.12. The van der Waals surface area contributed by atoms with E-state index in [2.05, 4.69) is 10.6 Å². The molecule has 27 heavy (non-hydrogen) atoms. The van der Waals surface area contributed by atoms with Gasteiger partial charge in [-0.1, -0.05) is 6.07 Å². The first-order valence-electron chi connectivity index (χ1n) is 9.32. The molecule has 1 fully saturated rings. The van der Waals surface area contributed by atoms with Gasteiger partial charge in [0.05, 0.1) is 6.54 Å². The van der Waals surface area contributed by atoms with Gasteiger partial charge in [-0.2, -0.15) is 0 Å². The van der Waals surface area contributed by atoms with Crippen molar-refractivity contribution in [3.05, 3.63) is 29.8 Å². The van der Waals surface area contributed by atoms with Crippen LogP contribution < -0.4 is 10.6 Å². The molecule has 0 radical (unpaired) electrons. The molecule has 148 valence electrons. The number of nitrogens with zero attached hydrogens (tertiary/aromatic N) is 1. The molecule has 1 aliphatic heterocycles. The summed E-state index contributed by atoms with van der Waals surface area (Å²) in [5.74, 6) is -0.663. The van der Waals surface area contributed by atoms with Crippen LogP contribution in [0.2, 0.25) is 0 Å². The van der Waals surface area contributed by atoms with Crippen LogP contribution in [0.3, 0.4) is 0 Å². The molecule has 7 nitrogen and oxygen atoms in total. The van der Waals surface area contributed by atoms with Crippen LogP contribution in [0.4, 0.5) is 5.69 Å². The number of hydrogen-bond donors (Lipinski definition) is 2. The summed E-state index contributed by atoms with van der Waals surface area (Å²) in [5, 5.41) is 5.65. The van der Waals surface area contributed by atoms with Crippen LogP contribution in [0.5, 0.6) is 0 Å². The highest BCUT2D eigenvalue weighted by Gasteiger charge is 2.24. The number of ether oxygens (including phenoxy) is 1. The molecular weight excluding hydrogens is 346 g/mol. The average molecular weight is 375 g/mol. The van der Waals surface area contributed by atoms with Crippen molar-refractivity contribution >= 4 is 23.4 Å². The second kappa shape index (κ2) is 8.99. The number of hydrogen-bond acceptors (Lipinski definition) is 4. The second-order valence-corrected chi connectivity index (χ2v) is 7.69. The summed E-state index contributed by atoms with van der Waals surface area (Å²) in [6.45, 7) is 8.49. The number of benzene rings is 1. The molecule has 2 N–H and O–H groups in total. The Morgan fingerprint density at radius 1 is 1.26 bits per heavy atom. The van der Waals surface area contributed by atoms with E-state index in [1.54, 1.807) is 24.3 Å². The van der Waals surface area contributed by atoms with Crippen LogP contribution in [0.1, 0.15) is 50.9 Å². The topological polar surface area (TPSA) is 87.7 Å². The normalized spacial score (nSPS) is 16.7. The molecule has 1 unspecified atom stereocenters. The van der Waals surface area contributed by atoms with Crippen LogP contribution >= 0.6 is 0 Å². The lowest BCUT2D eigenvalue weighted by Gasteiger charge is -2.25. The highest BCUT2D eigenvalue weighted by molar-refractivity contribution is 5.99. The molecule has 1 aromatic carbocycles. The fourth-order valence-corrected chi connectivity index (χ4v) is 2.88. The number of nitrogens with one attached hydrogen (secondary N) is 2. The smallest absolute Gasteiger partial charge is 0.254 e. The fourth-order valence-electron chi connectivity index (χ4n) is 2.88. The SMILES string of the molecule is CCN(CC(=O)NC(C)(C)C)C(=O)c1cccc(NC(=O)C2CCCO2)c1. The summed E-state index contributed by atoms with van der Waals surface area (Å²) in [5.41, 5.74) is 0.605. The fraction of sp³-hybridized carbons (Fsp3) is 0.550. The Balaban J connectivity index is 2.03. The third kappa shape index (κ3) is 6.36. The van der Waals surface area contributed by atoms with Gasteiger partial charge in [-0.25, -0.2) is 0 Å². The van der Waals surface area contributed by atoms with E-state index < -0.39 is 6.10 Å². The molecule has 7 heteroatoms. The van der Waals surface area contributed by atoms with Gasteiger partial charge in [-0.3, -0.25) is 14.4 Å². The van der Waals surface area contributed by atoms with Crippen LogP contribution in [0.25, 0.3) is 0 Å². The maximum Gasteiger partial charge on any atom is 0.254 e. The highest BCUT2D eigenvalue weighted by atomic mass is 16.5. The molecule has 1 aliphatic rings. The summed E-state index contributed by atoms with van der Waals surface area (Å²) in [4.78, 5) is 38.6. The van der Waals surface area contributed by atoms with Gasteiger partial charge in [0, 0.05) is 29.9 Å². The van der Waals surface area contributed by atoms with Gasteiger partial charge in [0.2, 0.25) is 5.91 Å². The lowest BCUT2D eigenvalue weighted by atomic mass is 10.1. The number of carbonyl (C=O) groups is 3. The van der Waals surface area contributed by atoms with E-state index in [9.17, 15) is 14.4 Å². The van der Waals surface area contributed by atoms with Gasteiger partial charge in [-0.05, 0) is 58.7 Å². The Kier molecular flexibility index (Phi) is 6.96. The molecule has 1 atom stereocenters. The van der Waals surface area contributed by atoms with Crippen molar-refractivity contribution in [3.8, 4) is 0 Å². The van der Waals surface area contributed by atoms with Crippen molar-refractivity contribution in [2.24, 2.45) is 0 Å². The molecule has 1 heterocycles. The summed E-state index contributed by atoms with van der Waals surface area (Å²) in [6.07, 6.45) is 1.15. The molecule has 2 rings (SSSR count). The number of likely N-dealkylation sites (N-methyl/N-ethyl adjacent to an activating group) is 1. The van der Waals surface area contributed by atoms with Crippen LogP contribution in [-0.4, -0.2) is 54.0 Å². The number of carbonyl (C=O) groups excluding carboxylic acids is 3. The van der Waals surface area contributed by atoms with E-state index >= 15 is 0 Å². The van der Waals surface area contributed by atoms with Crippen LogP contribution in [0, 0.1) is 0 Å². The van der Waals surface area contributed by atoms with Crippen LogP contribution in [0.15, 0.2) is 24.3 Å². The second-order valence-electron chi connectivity index (χ2n) is 7.69. The van der Waals surface area contributed by atoms with Crippen molar-refractivity contribution in [1.82, 2.24) is 10.2 Å². The number of anilines is 1. The van der Waals surface area contributed by atoms with Crippen molar-refractivity contribution in [2.45, 2.75) is 52.2 Å². The van der Waals surface area contributed by atoms with Crippen molar-refractivity contribution in [2.75, 3.05) is 25.0 Å². The molecule has 1 aromatic rings. The summed E-state index contributed by atoms with van der Waals surface area (Å²) >= 11 is 0. The number of rotatable bonds is 6. The third-order valence-corrected chi connectivity index (χ3v) is 4.12. The highest BCUT2D eigenvalue weighted by Crippen LogP contribution is 2.17.